The van der Waals surface area contributed by atoms with Gasteiger partial charge < -0.3 is 10.4 Å². The highest BCUT2D eigenvalue weighted by atomic mass is 35.5. The number of thiazole rings is 1. The van der Waals surface area contributed by atoms with Crippen LogP contribution in [0.3, 0.4) is 0 Å². The number of hydrogen-bond donors (Lipinski definition) is 2. The van der Waals surface area contributed by atoms with Crippen molar-refractivity contribution in [1.29, 1.82) is 0 Å². The predicted octanol–water partition coefficient (Wildman–Crippen LogP) is 2.23. The van der Waals surface area contributed by atoms with Crippen molar-refractivity contribution in [3.8, 4) is 0 Å². The van der Waals surface area contributed by atoms with Crippen molar-refractivity contribution in [2.75, 3.05) is 11.9 Å². The largest absolute Gasteiger partial charge is 0.394 e. The molecular formula is C8H13ClN2OS. The van der Waals surface area contributed by atoms with E-state index in [1.165, 1.54) is 11.3 Å². The molecule has 1 heterocycles. The van der Waals surface area contributed by atoms with Crippen LogP contribution >= 0.6 is 22.9 Å². The van der Waals surface area contributed by atoms with Gasteiger partial charge in [-0.2, -0.15) is 0 Å². The summed E-state index contributed by atoms with van der Waals surface area (Å²) in [6, 6.07) is 0.0437. The molecule has 0 amide bonds. The lowest BCUT2D eigenvalue weighted by atomic mass is 10.1. The van der Waals surface area contributed by atoms with Crippen LogP contribution in [0.1, 0.15) is 13.8 Å². The highest BCUT2D eigenvalue weighted by Gasteiger charge is 2.12. The average molecular weight is 221 g/mol. The van der Waals surface area contributed by atoms with Crippen molar-refractivity contribution in [2.24, 2.45) is 5.92 Å². The molecule has 3 nitrogen and oxygen atoms in total. The first-order valence-electron chi connectivity index (χ1n) is 4.12. The highest BCUT2D eigenvalue weighted by molar-refractivity contribution is 7.14. The maximum atomic E-state index is 9.05. The van der Waals surface area contributed by atoms with Crippen molar-refractivity contribution in [1.82, 2.24) is 4.98 Å². The SMILES string of the molecule is CC(C)C(CO)Nc1nc(Cl)cs1. The summed E-state index contributed by atoms with van der Waals surface area (Å²) in [5.41, 5.74) is 0. The fraction of sp³-hybridized carbons (Fsp3) is 0.625. The summed E-state index contributed by atoms with van der Waals surface area (Å²) in [7, 11) is 0. The molecule has 1 unspecified atom stereocenters. The third-order valence-electron chi connectivity index (χ3n) is 1.79. The Labute approximate surface area is 86.8 Å². The van der Waals surface area contributed by atoms with Gasteiger partial charge in [0.2, 0.25) is 0 Å². The van der Waals surface area contributed by atoms with Crippen molar-refractivity contribution < 1.29 is 5.11 Å². The minimum Gasteiger partial charge on any atom is -0.394 e. The molecule has 2 N–H and O–H groups in total. The Balaban J connectivity index is 2.56. The molecule has 74 valence electrons. The van der Waals surface area contributed by atoms with Crippen molar-refractivity contribution in [3.05, 3.63) is 10.5 Å². The molecule has 5 heteroatoms. The second-order valence-electron chi connectivity index (χ2n) is 3.15. The summed E-state index contributed by atoms with van der Waals surface area (Å²) in [4.78, 5) is 4.04. The Kier molecular flexibility index (Phi) is 3.96. The van der Waals surface area contributed by atoms with E-state index in [9.17, 15) is 0 Å². The Morgan fingerprint density at radius 2 is 2.38 bits per heavy atom. The number of aliphatic hydroxyl groups is 1. The van der Waals surface area contributed by atoms with Crippen LogP contribution in [-0.4, -0.2) is 22.7 Å². The summed E-state index contributed by atoms with van der Waals surface area (Å²) >= 11 is 7.11. The Bertz CT molecular complexity index is 264. The summed E-state index contributed by atoms with van der Waals surface area (Å²) in [5.74, 6) is 0.368. The minimum absolute atomic E-state index is 0.0437. The van der Waals surface area contributed by atoms with E-state index in [-0.39, 0.29) is 12.6 Å². The van der Waals surface area contributed by atoms with Crippen molar-refractivity contribution in [2.45, 2.75) is 19.9 Å². The van der Waals surface area contributed by atoms with E-state index in [0.717, 1.165) is 5.13 Å². The molecule has 0 fully saturated rings. The van der Waals surface area contributed by atoms with Crippen LogP contribution in [0.2, 0.25) is 5.15 Å². The Hall–Kier alpha value is -0.320. The molecule has 1 aromatic heterocycles. The smallest absolute Gasteiger partial charge is 0.184 e. The lowest BCUT2D eigenvalue weighted by Crippen LogP contribution is -2.29. The minimum atomic E-state index is 0.0437. The maximum Gasteiger partial charge on any atom is 0.184 e. The number of nitrogens with zero attached hydrogens (tertiary/aromatic N) is 1. The first-order chi connectivity index (χ1) is 6.13. The molecule has 0 radical (unpaired) electrons. The van der Waals surface area contributed by atoms with Crippen LogP contribution in [0.25, 0.3) is 0 Å². The molecular weight excluding hydrogens is 208 g/mol. The molecule has 1 rings (SSSR count). The zero-order valence-electron chi connectivity index (χ0n) is 7.62. The number of halogens is 1. The summed E-state index contributed by atoms with van der Waals surface area (Å²) in [5, 5.41) is 15.2. The van der Waals surface area contributed by atoms with E-state index in [1.54, 1.807) is 5.38 Å². The number of rotatable bonds is 4. The van der Waals surface area contributed by atoms with Gasteiger partial charge in [0.15, 0.2) is 5.13 Å². The van der Waals surface area contributed by atoms with Gasteiger partial charge in [-0.25, -0.2) is 4.98 Å². The van der Waals surface area contributed by atoms with Gasteiger partial charge in [0.25, 0.3) is 0 Å². The maximum absolute atomic E-state index is 9.05. The molecule has 0 bridgehead atoms. The van der Waals surface area contributed by atoms with Crippen LogP contribution in [0.4, 0.5) is 5.13 Å². The van der Waals surface area contributed by atoms with Gasteiger partial charge in [-0.3, -0.25) is 0 Å². The number of aromatic nitrogens is 1. The second kappa shape index (κ2) is 4.79. The van der Waals surface area contributed by atoms with Gasteiger partial charge >= 0.3 is 0 Å². The fourth-order valence-corrected chi connectivity index (χ4v) is 1.80. The molecule has 0 aliphatic rings. The summed E-state index contributed by atoms with van der Waals surface area (Å²) in [6.45, 7) is 4.20. The van der Waals surface area contributed by atoms with E-state index in [4.69, 9.17) is 16.7 Å². The standard InChI is InChI=1S/C8H13ClN2OS/c1-5(2)6(3-12)10-8-11-7(9)4-13-8/h4-6,12H,3H2,1-2H3,(H,10,11). The van der Waals surface area contributed by atoms with Crippen molar-refractivity contribution >= 4 is 28.1 Å². The van der Waals surface area contributed by atoms with Crippen molar-refractivity contribution in [3.63, 3.8) is 0 Å². The second-order valence-corrected chi connectivity index (χ2v) is 4.40. The lowest BCUT2D eigenvalue weighted by molar-refractivity contribution is 0.249. The highest BCUT2D eigenvalue weighted by Crippen LogP contribution is 2.20. The first kappa shape index (κ1) is 10.8. The molecule has 0 aromatic carbocycles. The lowest BCUT2D eigenvalue weighted by Gasteiger charge is -2.18. The molecule has 0 saturated heterocycles. The van der Waals surface area contributed by atoms with E-state index in [1.807, 2.05) is 13.8 Å². The average Bonchev–Trinajstić information content (AvgIpc) is 2.46. The normalized spacial score (nSPS) is 13.3. The zero-order valence-corrected chi connectivity index (χ0v) is 9.19. The Morgan fingerprint density at radius 3 is 2.77 bits per heavy atom. The van der Waals surface area contributed by atoms with E-state index in [0.29, 0.717) is 11.1 Å². The van der Waals surface area contributed by atoms with Crippen LogP contribution in [0, 0.1) is 5.92 Å². The van der Waals surface area contributed by atoms with Crippen LogP contribution < -0.4 is 5.32 Å². The van der Waals surface area contributed by atoms with Gasteiger partial charge in [-0.15, -0.1) is 11.3 Å². The monoisotopic (exact) mass is 220 g/mol. The molecule has 13 heavy (non-hydrogen) atoms. The third-order valence-corrected chi connectivity index (χ3v) is 2.88. The quantitative estimate of drug-likeness (QED) is 0.818. The molecule has 0 saturated carbocycles. The van der Waals surface area contributed by atoms with Crippen LogP contribution in [0.15, 0.2) is 5.38 Å². The molecule has 1 atom stereocenters. The molecule has 1 aromatic rings. The molecule has 0 aliphatic heterocycles. The third kappa shape index (κ3) is 3.14. The van der Waals surface area contributed by atoms with Crippen LogP contribution in [-0.2, 0) is 0 Å². The van der Waals surface area contributed by atoms with E-state index >= 15 is 0 Å². The number of aliphatic hydroxyl groups excluding tert-OH is 1. The van der Waals surface area contributed by atoms with Gasteiger partial charge in [0.1, 0.15) is 5.15 Å². The van der Waals surface area contributed by atoms with Gasteiger partial charge in [0, 0.05) is 5.38 Å². The molecule has 0 spiro atoms. The fourth-order valence-electron chi connectivity index (χ4n) is 0.902. The Morgan fingerprint density at radius 1 is 1.69 bits per heavy atom. The zero-order chi connectivity index (χ0) is 9.84. The van der Waals surface area contributed by atoms with Gasteiger partial charge in [-0.05, 0) is 5.92 Å². The topological polar surface area (TPSA) is 45.1 Å². The van der Waals surface area contributed by atoms with Gasteiger partial charge in [-0.1, -0.05) is 25.4 Å². The summed E-state index contributed by atoms with van der Waals surface area (Å²) < 4.78 is 0. The molecule has 0 aliphatic carbocycles. The number of anilines is 1. The predicted molar refractivity (Wildman–Crippen MR) is 56.5 cm³/mol. The van der Waals surface area contributed by atoms with E-state index in [2.05, 4.69) is 10.3 Å². The summed E-state index contributed by atoms with van der Waals surface area (Å²) in [6.07, 6.45) is 0. The van der Waals surface area contributed by atoms with Gasteiger partial charge in [0.05, 0.1) is 12.6 Å². The number of nitrogens with one attached hydrogen (secondary N) is 1. The van der Waals surface area contributed by atoms with Crippen LogP contribution in [0.5, 0.6) is 0 Å². The first-order valence-corrected chi connectivity index (χ1v) is 5.37. The van der Waals surface area contributed by atoms with E-state index < -0.39 is 0 Å². The number of hydrogen-bond acceptors (Lipinski definition) is 4.